The van der Waals surface area contributed by atoms with Crippen LogP contribution in [0.4, 0.5) is 8.78 Å². The van der Waals surface area contributed by atoms with Crippen molar-refractivity contribution in [2.45, 2.75) is 26.3 Å². The number of carboxylic acid groups (broad SMARTS) is 1. The molecule has 0 amide bonds. The van der Waals surface area contributed by atoms with Gasteiger partial charge in [-0.15, -0.1) is 0 Å². The molecule has 0 heterocycles. The zero-order valence-corrected chi connectivity index (χ0v) is 10.3. The van der Waals surface area contributed by atoms with Crippen molar-refractivity contribution >= 4 is 5.97 Å². The number of halogens is 2. The van der Waals surface area contributed by atoms with Crippen molar-refractivity contribution in [2.75, 3.05) is 13.1 Å². The fourth-order valence-corrected chi connectivity index (χ4v) is 1.63. The molecule has 5 heteroatoms. The summed E-state index contributed by atoms with van der Waals surface area (Å²) in [5, 5.41) is 8.61. The van der Waals surface area contributed by atoms with Gasteiger partial charge in [0.1, 0.15) is 0 Å². The lowest BCUT2D eigenvalue weighted by molar-refractivity contribution is -0.137. The van der Waals surface area contributed by atoms with Crippen LogP contribution in [0.5, 0.6) is 0 Å². The minimum absolute atomic E-state index is 0.00679. The summed E-state index contributed by atoms with van der Waals surface area (Å²) in [5.74, 6) is -0.832. The van der Waals surface area contributed by atoms with Crippen molar-refractivity contribution in [1.82, 2.24) is 4.90 Å². The van der Waals surface area contributed by atoms with E-state index in [2.05, 4.69) is 0 Å². The summed E-state index contributed by atoms with van der Waals surface area (Å²) >= 11 is 0. The third-order valence-corrected chi connectivity index (χ3v) is 2.73. The molecule has 0 spiro atoms. The summed E-state index contributed by atoms with van der Waals surface area (Å²) in [6.07, 6.45) is -2.36. The summed E-state index contributed by atoms with van der Waals surface area (Å²) in [4.78, 5) is 12.4. The van der Waals surface area contributed by atoms with Crippen LogP contribution in [-0.2, 0) is 11.3 Å². The van der Waals surface area contributed by atoms with Crippen LogP contribution < -0.4 is 0 Å². The molecule has 0 saturated heterocycles. The lowest BCUT2D eigenvalue weighted by Crippen LogP contribution is -2.25. The number of hydrogen-bond acceptors (Lipinski definition) is 2. The lowest BCUT2D eigenvalue weighted by atomic mass is 10.1. The molecular weight excluding hydrogens is 240 g/mol. The lowest BCUT2D eigenvalue weighted by Gasteiger charge is -2.19. The first-order valence-electron chi connectivity index (χ1n) is 5.84. The van der Waals surface area contributed by atoms with Gasteiger partial charge in [-0.2, -0.15) is 0 Å². The summed E-state index contributed by atoms with van der Waals surface area (Å²) < 4.78 is 24.7. The van der Waals surface area contributed by atoms with E-state index in [1.54, 1.807) is 12.1 Å². The average Bonchev–Trinajstić information content (AvgIpc) is 2.34. The Hall–Kier alpha value is -1.49. The largest absolute Gasteiger partial charge is 0.481 e. The van der Waals surface area contributed by atoms with Gasteiger partial charge in [0.25, 0.3) is 6.43 Å². The number of hydrogen-bond donors (Lipinski definition) is 1. The predicted octanol–water partition coefficient (Wildman–Crippen LogP) is 2.92. The SMILES string of the molecule is CCN(CCC(=O)O)Cc1ccc(C(F)F)cc1. The summed E-state index contributed by atoms with van der Waals surface area (Å²) in [6.45, 7) is 3.70. The number of rotatable bonds is 7. The monoisotopic (exact) mass is 257 g/mol. The first-order chi connectivity index (χ1) is 8.52. The molecule has 0 aliphatic rings. The summed E-state index contributed by atoms with van der Waals surface area (Å²) in [7, 11) is 0. The van der Waals surface area contributed by atoms with E-state index >= 15 is 0 Å². The van der Waals surface area contributed by atoms with Gasteiger partial charge in [0.05, 0.1) is 6.42 Å². The van der Waals surface area contributed by atoms with Gasteiger partial charge in [-0.3, -0.25) is 9.69 Å². The van der Waals surface area contributed by atoms with Gasteiger partial charge >= 0.3 is 5.97 Å². The van der Waals surface area contributed by atoms with Crippen LogP contribution in [0.25, 0.3) is 0 Å². The summed E-state index contributed by atoms with van der Waals surface area (Å²) in [6, 6.07) is 6.13. The van der Waals surface area contributed by atoms with Crippen molar-refractivity contribution in [3.05, 3.63) is 35.4 Å². The van der Waals surface area contributed by atoms with E-state index in [0.717, 1.165) is 12.1 Å². The van der Waals surface area contributed by atoms with Crippen molar-refractivity contribution in [1.29, 1.82) is 0 Å². The minimum atomic E-state index is -2.45. The highest BCUT2D eigenvalue weighted by Crippen LogP contribution is 2.19. The smallest absolute Gasteiger partial charge is 0.304 e. The molecule has 18 heavy (non-hydrogen) atoms. The van der Waals surface area contributed by atoms with E-state index in [-0.39, 0.29) is 12.0 Å². The zero-order valence-electron chi connectivity index (χ0n) is 10.3. The van der Waals surface area contributed by atoms with E-state index < -0.39 is 12.4 Å². The second-order valence-electron chi connectivity index (χ2n) is 4.05. The van der Waals surface area contributed by atoms with Crippen LogP contribution >= 0.6 is 0 Å². The van der Waals surface area contributed by atoms with E-state index in [9.17, 15) is 13.6 Å². The van der Waals surface area contributed by atoms with Gasteiger partial charge < -0.3 is 5.11 Å². The third kappa shape index (κ3) is 4.79. The Balaban J connectivity index is 2.56. The minimum Gasteiger partial charge on any atom is -0.481 e. The Kier molecular flexibility index (Phi) is 5.71. The molecule has 0 fully saturated rings. The van der Waals surface area contributed by atoms with Crippen molar-refractivity contribution in [3.63, 3.8) is 0 Å². The second-order valence-corrected chi connectivity index (χ2v) is 4.05. The highest BCUT2D eigenvalue weighted by Gasteiger charge is 2.08. The Morgan fingerprint density at radius 2 is 1.94 bits per heavy atom. The molecule has 0 radical (unpaired) electrons. The maximum absolute atomic E-state index is 12.4. The number of nitrogens with zero attached hydrogens (tertiary/aromatic N) is 1. The fourth-order valence-electron chi connectivity index (χ4n) is 1.63. The maximum atomic E-state index is 12.4. The van der Waals surface area contributed by atoms with Crippen LogP contribution in [0, 0.1) is 0 Å². The molecule has 1 N–H and O–H groups in total. The number of alkyl halides is 2. The zero-order chi connectivity index (χ0) is 13.5. The molecule has 0 atom stereocenters. The summed E-state index contributed by atoms with van der Waals surface area (Å²) in [5.41, 5.74) is 0.916. The van der Waals surface area contributed by atoms with E-state index in [0.29, 0.717) is 13.1 Å². The molecule has 0 unspecified atom stereocenters. The number of aliphatic carboxylic acids is 1. The van der Waals surface area contributed by atoms with Gasteiger partial charge in [0.2, 0.25) is 0 Å². The van der Waals surface area contributed by atoms with Crippen LogP contribution in [0.1, 0.15) is 30.9 Å². The van der Waals surface area contributed by atoms with Gasteiger partial charge in [-0.05, 0) is 12.1 Å². The Bertz CT molecular complexity index is 379. The molecule has 1 aromatic rings. The normalized spacial score (nSPS) is 11.2. The van der Waals surface area contributed by atoms with E-state index in [1.165, 1.54) is 12.1 Å². The topological polar surface area (TPSA) is 40.5 Å². The third-order valence-electron chi connectivity index (χ3n) is 2.73. The fraction of sp³-hybridized carbons (Fsp3) is 0.462. The first-order valence-corrected chi connectivity index (χ1v) is 5.84. The quantitative estimate of drug-likeness (QED) is 0.816. The highest BCUT2D eigenvalue weighted by atomic mass is 19.3. The standard InChI is InChI=1S/C13H17F2NO2/c1-2-16(8-7-12(17)18)9-10-3-5-11(6-4-10)13(14)15/h3-6,13H,2,7-9H2,1H3,(H,17,18). The molecule has 0 aliphatic carbocycles. The first kappa shape index (κ1) is 14.6. The molecule has 1 aromatic carbocycles. The van der Waals surface area contributed by atoms with Crippen LogP contribution in [0.2, 0.25) is 0 Å². The van der Waals surface area contributed by atoms with Gasteiger partial charge in [0, 0.05) is 18.7 Å². The Morgan fingerprint density at radius 1 is 1.33 bits per heavy atom. The molecule has 100 valence electrons. The predicted molar refractivity (Wildman–Crippen MR) is 64.6 cm³/mol. The number of carboxylic acids is 1. The second kappa shape index (κ2) is 7.06. The Morgan fingerprint density at radius 3 is 2.39 bits per heavy atom. The van der Waals surface area contributed by atoms with Crippen molar-refractivity contribution in [3.8, 4) is 0 Å². The number of carbonyl (C=O) groups is 1. The number of benzene rings is 1. The van der Waals surface area contributed by atoms with Crippen LogP contribution in [-0.4, -0.2) is 29.1 Å². The van der Waals surface area contributed by atoms with E-state index in [1.807, 2.05) is 11.8 Å². The van der Waals surface area contributed by atoms with Crippen LogP contribution in [0.3, 0.4) is 0 Å². The van der Waals surface area contributed by atoms with Gasteiger partial charge in [-0.1, -0.05) is 31.2 Å². The van der Waals surface area contributed by atoms with Gasteiger partial charge in [0.15, 0.2) is 0 Å². The molecule has 0 aliphatic heterocycles. The molecule has 0 aromatic heterocycles. The molecule has 1 rings (SSSR count). The molecular formula is C13H17F2NO2. The van der Waals surface area contributed by atoms with Crippen LogP contribution in [0.15, 0.2) is 24.3 Å². The van der Waals surface area contributed by atoms with Gasteiger partial charge in [-0.25, -0.2) is 8.78 Å². The van der Waals surface area contributed by atoms with Crippen molar-refractivity contribution < 1.29 is 18.7 Å². The molecule has 0 saturated carbocycles. The Labute approximate surface area is 105 Å². The van der Waals surface area contributed by atoms with Crippen molar-refractivity contribution in [2.24, 2.45) is 0 Å². The average molecular weight is 257 g/mol. The highest BCUT2D eigenvalue weighted by molar-refractivity contribution is 5.66. The molecule has 3 nitrogen and oxygen atoms in total. The molecule has 0 bridgehead atoms. The maximum Gasteiger partial charge on any atom is 0.304 e. The van der Waals surface area contributed by atoms with E-state index in [4.69, 9.17) is 5.11 Å².